The molecule has 1 amide bonds. The second-order valence-electron chi connectivity index (χ2n) is 5.86. The third kappa shape index (κ3) is 3.75. The van der Waals surface area contributed by atoms with Crippen LogP contribution in [0.5, 0.6) is 5.75 Å². The number of anilines is 1. The molecule has 0 saturated carbocycles. The number of fused-ring (bicyclic) bond motifs is 1. The lowest BCUT2D eigenvalue weighted by atomic mass is 10.1. The SMILES string of the molecule is COc1ccccc1/C=C/C(=O)Nc1ccc(-c2cn3ccsc3n2)cc1. The number of thiazole rings is 1. The second kappa shape index (κ2) is 7.47. The molecule has 1 N–H and O–H groups in total. The first-order valence-corrected chi connectivity index (χ1v) is 9.25. The van der Waals surface area contributed by atoms with Gasteiger partial charge in [-0.3, -0.25) is 9.20 Å². The fraction of sp³-hybridized carbons (Fsp3) is 0.0476. The van der Waals surface area contributed by atoms with Gasteiger partial charge in [-0.2, -0.15) is 0 Å². The first-order chi connectivity index (χ1) is 13.2. The van der Waals surface area contributed by atoms with Crippen LogP contribution in [0.2, 0.25) is 0 Å². The molecule has 0 bridgehead atoms. The number of carbonyl (C=O) groups excluding carboxylic acids is 1. The predicted molar refractivity (Wildman–Crippen MR) is 109 cm³/mol. The smallest absolute Gasteiger partial charge is 0.248 e. The van der Waals surface area contributed by atoms with Gasteiger partial charge in [-0.05, 0) is 24.3 Å². The zero-order valence-corrected chi connectivity index (χ0v) is 15.4. The summed E-state index contributed by atoms with van der Waals surface area (Å²) >= 11 is 1.60. The van der Waals surface area contributed by atoms with Crippen molar-refractivity contribution >= 4 is 34.0 Å². The molecule has 2 heterocycles. The van der Waals surface area contributed by atoms with Crippen molar-refractivity contribution in [2.24, 2.45) is 0 Å². The zero-order chi connectivity index (χ0) is 18.6. The highest BCUT2D eigenvalue weighted by Crippen LogP contribution is 2.23. The molecule has 27 heavy (non-hydrogen) atoms. The quantitative estimate of drug-likeness (QED) is 0.513. The number of para-hydroxylation sites is 1. The molecule has 0 aliphatic carbocycles. The molecule has 4 rings (SSSR count). The maximum absolute atomic E-state index is 12.2. The van der Waals surface area contributed by atoms with E-state index in [-0.39, 0.29) is 5.91 Å². The van der Waals surface area contributed by atoms with E-state index in [9.17, 15) is 4.79 Å². The van der Waals surface area contributed by atoms with Gasteiger partial charge in [-0.15, -0.1) is 11.3 Å². The molecule has 0 saturated heterocycles. The van der Waals surface area contributed by atoms with Gasteiger partial charge < -0.3 is 10.1 Å². The average molecular weight is 375 g/mol. The Bertz CT molecular complexity index is 1080. The summed E-state index contributed by atoms with van der Waals surface area (Å²) < 4.78 is 7.28. The molecule has 134 valence electrons. The minimum atomic E-state index is -0.198. The largest absolute Gasteiger partial charge is 0.496 e. The van der Waals surface area contributed by atoms with E-state index in [1.54, 1.807) is 24.5 Å². The van der Waals surface area contributed by atoms with Crippen LogP contribution in [0.4, 0.5) is 5.69 Å². The van der Waals surface area contributed by atoms with E-state index < -0.39 is 0 Å². The molecule has 2 aromatic heterocycles. The highest BCUT2D eigenvalue weighted by atomic mass is 32.1. The van der Waals surface area contributed by atoms with Crippen molar-refractivity contribution in [3.63, 3.8) is 0 Å². The van der Waals surface area contributed by atoms with Gasteiger partial charge in [0.1, 0.15) is 5.75 Å². The summed E-state index contributed by atoms with van der Waals surface area (Å²) in [7, 11) is 1.61. The fourth-order valence-corrected chi connectivity index (χ4v) is 3.44. The molecular weight excluding hydrogens is 358 g/mol. The Kier molecular flexibility index (Phi) is 4.72. The number of methoxy groups -OCH3 is 1. The van der Waals surface area contributed by atoms with E-state index in [0.29, 0.717) is 0 Å². The van der Waals surface area contributed by atoms with Crippen LogP contribution in [-0.2, 0) is 4.79 Å². The van der Waals surface area contributed by atoms with Crippen molar-refractivity contribution in [3.8, 4) is 17.0 Å². The number of nitrogens with one attached hydrogen (secondary N) is 1. The minimum Gasteiger partial charge on any atom is -0.496 e. The lowest BCUT2D eigenvalue weighted by Crippen LogP contribution is -2.07. The van der Waals surface area contributed by atoms with Crippen molar-refractivity contribution in [3.05, 3.63) is 77.9 Å². The maximum atomic E-state index is 12.2. The first-order valence-electron chi connectivity index (χ1n) is 8.37. The molecule has 2 aromatic carbocycles. The first kappa shape index (κ1) is 17.1. The van der Waals surface area contributed by atoms with Gasteiger partial charge in [0.05, 0.1) is 12.8 Å². The Balaban J connectivity index is 1.44. The van der Waals surface area contributed by atoms with E-state index in [4.69, 9.17) is 4.74 Å². The number of nitrogens with zero attached hydrogens (tertiary/aromatic N) is 2. The summed E-state index contributed by atoms with van der Waals surface area (Å²) in [6, 6.07) is 15.2. The number of aromatic nitrogens is 2. The molecule has 0 aliphatic rings. The molecule has 0 fully saturated rings. The van der Waals surface area contributed by atoms with E-state index in [0.717, 1.165) is 33.2 Å². The summed E-state index contributed by atoms with van der Waals surface area (Å²) in [6.07, 6.45) is 7.21. The van der Waals surface area contributed by atoms with Crippen molar-refractivity contribution in [2.75, 3.05) is 12.4 Å². The van der Waals surface area contributed by atoms with Crippen LogP contribution in [0, 0.1) is 0 Å². The van der Waals surface area contributed by atoms with Crippen molar-refractivity contribution in [1.29, 1.82) is 0 Å². The molecular formula is C21H17N3O2S. The van der Waals surface area contributed by atoms with Crippen LogP contribution in [0.25, 0.3) is 22.3 Å². The van der Waals surface area contributed by atoms with Crippen molar-refractivity contribution < 1.29 is 9.53 Å². The Morgan fingerprint density at radius 1 is 1.19 bits per heavy atom. The second-order valence-corrected chi connectivity index (χ2v) is 6.73. The van der Waals surface area contributed by atoms with Crippen molar-refractivity contribution in [2.45, 2.75) is 0 Å². The summed E-state index contributed by atoms with van der Waals surface area (Å²) in [5, 5.41) is 4.86. The van der Waals surface area contributed by atoms with Gasteiger partial charge in [0.15, 0.2) is 4.96 Å². The number of amides is 1. The van der Waals surface area contributed by atoms with Crippen LogP contribution >= 0.6 is 11.3 Å². The third-order valence-corrected chi connectivity index (χ3v) is 4.87. The van der Waals surface area contributed by atoms with E-state index in [2.05, 4.69) is 10.3 Å². The molecule has 0 aliphatic heterocycles. The number of rotatable bonds is 5. The van der Waals surface area contributed by atoms with Crippen LogP contribution in [-0.4, -0.2) is 22.4 Å². The molecule has 4 aromatic rings. The number of carbonyl (C=O) groups is 1. The number of hydrogen-bond donors (Lipinski definition) is 1. The Morgan fingerprint density at radius 2 is 2.00 bits per heavy atom. The maximum Gasteiger partial charge on any atom is 0.248 e. The number of hydrogen-bond acceptors (Lipinski definition) is 4. The van der Waals surface area contributed by atoms with Crippen LogP contribution in [0.3, 0.4) is 0 Å². The molecule has 0 radical (unpaired) electrons. The Labute approximate surface area is 160 Å². The Morgan fingerprint density at radius 3 is 2.78 bits per heavy atom. The van der Waals surface area contributed by atoms with Crippen LogP contribution in [0.15, 0.2) is 72.4 Å². The normalized spacial score (nSPS) is 11.1. The molecule has 0 atom stereocenters. The highest BCUT2D eigenvalue weighted by molar-refractivity contribution is 7.15. The van der Waals surface area contributed by atoms with Crippen LogP contribution in [0.1, 0.15) is 5.56 Å². The number of benzene rings is 2. The summed E-state index contributed by atoms with van der Waals surface area (Å²) in [5.74, 6) is 0.530. The highest BCUT2D eigenvalue weighted by Gasteiger charge is 2.06. The fourth-order valence-electron chi connectivity index (χ4n) is 2.74. The molecule has 0 spiro atoms. The molecule has 0 unspecified atom stereocenters. The van der Waals surface area contributed by atoms with Gasteiger partial charge >= 0.3 is 0 Å². The summed E-state index contributed by atoms with van der Waals surface area (Å²) in [4.78, 5) is 17.7. The van der Waals surface area contributed by atoms with Gasteiger partial charge in [-0.1, -0.05) is 30.3 Å². The molecule has 6 heteroatoms. The molecule has 5 nitrogen and oxygen atoms in total. The van der Waals surface area contributed by atoms with Gasteiger partial charge in [0.25, 0.3) is 0 Å². The van der Waals surface area contributed by atoms with Gasteiger partial charge in [0.2, 0.25) is 5.91 Å². The number of ether oxygens (including phenoxy) is 1. The standard InChI is InChI=1S/C21H17N3O2S/c1-26-19-5-3-2-4-16(19)8-11-20(25)22-17-9-6-15(7-10-17)18-14-24-12-13-27-21(24)23-18/h2-14H,1H3,(H,22,25)/b11-8+. The monoisotopic (exact) mass is 375 g/mol. The van der Waals surface area contributed by atoms with E-state index >= 15 is 0 Å². The topological polar surface area (TPSA) is 55.6 Å². The lowest BCUT2D eigenvalue weighted by molar-refractivity contribution is -0.111. The van der Waals surface area contributed by atoms with Gasteiger partial charge in [-0.25, -0.2) is 4.98 Å². The zero-order valence-electron chi connectivity index (χ0n) is 14.6. The predicted octanol–water partition coefficient (Wildman–Crippen LogP) is 4.72. The summed E-state index contributed by atoms with van der Waals surface area (Å²) in [5.41, 5.74) is 3.50. The lowest BCUT2D eigenvalue weighted by Gasteiger charge is -2.05. The number of imidazole rings is 1. The van der Waals surface area contributed by atoms with Gasteiger partial charge in [0, 0.05) is 40.7 Å². The van der Waals surface area contributed by atoms with Crippen molar-refractivity contribution in [1.82, 2.24) is 9.38 Å². The average Bonchev–Trinajstić information content (AvgIpc) is 3.29. The third-order valence-electron chi connectivity index (χ3n) is 4.09. The van der Waals surface area contributed by atoms with E-state index in [1.165, 1.54) is 6.08 Å². The summed E-state index contributed by atoms with van der Waals surface area (Å²) in [6.45, 7) is 0. The minimum absolute atomic E-state index is 0.198. The Hall–Kier alpha value is -3.38. The van der Waals surface area contributed by atoms with Crippen LogP contribution < -0.4 is 10.1 Å². The van der Waals surface area contributed by atoms with E-state index in [1.807, 2.05) is 70.7 Å².